The molecule has 7 heteroatoms. The van der Waals surface area contributed by atoms with E-state index in [1.807, 2.05) is 0 Å². The van der Waals surface area contributed by atoms with Gasteiger partial charge in [-0.1, -0.05) is 45.4 Å². The molecule has 0 aromatic heterocycles. The Balaban J connectivity index is 0.000000251. The van der Waals surface area contributed by atoms with Crippen LogP contribution in [0.3, 0.4) is 0 Å². The van der Waals surface area contributed by atoms with Crippen LogP contribution in [0.4, 0.5) is 26.3 Å². The van der Waals surface area contributed by atoms with Crippen LogP contribution in [-0.4, -0.2) is 13.3 Å². The Labute approximate surface area is 144 Å². The first-order chi connectivity index (χ1) is 11.9. The van der Waals surface area contributed by atoms with Gasteiger partial charge in [-0.25, -0.2) is 13.2 Å². The second-order valence-corrected chi connectivity index (χ2v) is 6.23. The van der Waals surface area contributed by atoms with Crippen LogP contribution < -0.4 is 4.74 Å². The van der Waals surface area contributed by atoms with Crippen molar-refractivity contribution in [3.8, 4) is 5.75 Å². The first-order valence-corrected chi connectivity index (χ1v) is 8.52. The highest BCUT2D eigenvalue weighted by atomic mass is 19.3. The standard InChI is InChI=1S/C11H21F.C7H3F5O/c1-2-3-10-4-6-11(7-5-10)8-9-12;8-3-1-4(9)6(5(10)2-3)13-7(11)12/h10-11H,2-9H2,1H3;1-2,7H. The van der Waals surface area contributed by atoms with Gasteiger partial charge in [0.05, 0.1) is 6.67 Å². The Morgan fingerprint density at radius 2 is 1.44 bits per heavy atom. The molecule has 1 fully saturated rings. The van der Waals surface area contributed by atoms with E-state index in [4.69, 9.17) is 0 Å². The first-order valence-electron chi connectivity index (χ1n) is 8.52. The monoisotopic (exact) mass is 370 g/mol. The molecule has 0 N–H and O–H groups in total. The van der Waals surface area contributed by atoms with E-state index >= 15 is 0 Å². The zero-order valence-electron chi connectivity index (χ0n) is 14.2. The van der Waals surface area contributed by atoms with E-state index < -0.39 is 29.8 Å². The number of hydrogen-bond donors (Lipinski definition) is 0. The van der Waals surface area contributed by atoms with Crippen molar-refractivity contribution in [3.63, 3.8) is 0 Å². The summed E-state index contributed by atoms with van der Waals surface area (Å²) >= 11 is 0. The van der Waals surface area contributed by atoms with Gasteiger partial charge in [-0.3, -0.25) is 4.39 Å². The summed E-state index contributed by atoms with van der Waals surface area (Å²) in [5.74, 6) is -3.81. The summed E-state index contributed by atoms with van der Waals surface area (Å²) in [5, 5.41) is 0. The molecule has 1 aromatic carbocycles. The van der Waals surface area contributed by atoms with Crippen molar-refractivity contribution in [2.45, 2.75) is 58.5 Å². The van der Waals surface area contributed by atoms with Crippen LogP contribution in [0.5, 0.6) is 5.75 Å². The number of hydrogen-bond acceptors (Lipinski definition) is 1. The van der Waals surface area contributed by atoms with Crippen LogP contribution in [0.15, 0.2) is 12.1 Å². The molecule has 1 aromatic rings. The minimum absolute atomic E-state index is 0.108. The molecule has 1 aliphatic rings. The van der Waals surface area contributed by atoms with Crippen LogP contribution in [-0.2, 0) is 0 Å². The fourth-order valence-electron chi connectivity index (χ4n) is 3.10. The molecule has 0 saturated heterocycles. The highest BCUT2D eigenvalue weighted by Gasteiger charge is 2.20. The fraction of sp³-hybridized carbons (Fsp3) is 0.667. The Hall–Kier alpha value is -1.40. The topological polar surface area (TPSA) is 9.23 Å². The van der Waals surface area contributed by atoms with Crippen molar-refractivity contribution in [2.75, 3.05) is 6.67 Å². The van der Waals surface area contributed by atoms with Crippen molar-refractivity contribution < 1.29 is 31.1 Å². The first kappa shape index (κ1) is 21.6. The maximum Gasteiger partial charge on any atom is 0.387 e. The van der Waals surface area contributed by atoms with Crippen LogP contribution in [0.25, 0.3) is 0 Å². The van der Waals surface area contributed by atoms with Gasteiger partial charge in [0, 0.05) is 12.1 Å². The van der Waals surface area contributed by atoms with E-state index in [9.17, 15) is 26.3 Å². The van der Waals surface area contributed by atoms with Gasteiger partial charge in [0.1, 0.15) is 5.82 Å². The van der Waals surface area contributed by atoms with Gasteiger partial charge < -0.3 is 4.74 Å². The molecule has 0 amide bonds. The summed E-state index contributed by atoms with van der Waals surface area (Å²) in [6.07, 6.45) is 8.82. The number of halogens is 6. The maximum absolute atomic E-state index is 12.5. The Morgan fingerprint density at radius 1 is 0.960 bits per heavy atom. The highest BCUT2D eigenvalue weighted by Crippen LogP contribution is 2.33. The van der Waals surface area contributed by atoms with Crippen molar-refractivity contribution in [2.24, 2.45) is 11.8 Å². The van der Waals surface area contributed by atoms with E-state index in [-0.39, 0.29) is 18.8 Å². The Bertz CT molecular complexity index is 463. The number of alkyl halides is 3. The minimum Gasteiger partial charge on any atom is -0.429 e. The summed E-state index contributed by atoms with van der Waals surface area (Å²) in [6, 6.07) is 0.502. The molecule has 0 bridgehead atoms. The van der Waals surface area contributed by atoms with E-state index in [0.717, 1.165) is 12.3 Å². The van der Waals surface area contributed by atoms with E-state index in [2.05, 4.69) is 11.7 Å². The number of ether oxygens (including phenoxy) is 1. The van der Waals surface area contributed by atoms with Crippen molar-refractivity contribution in [1.82, 2.24) is 0 Å². The quantitative estimate of drug-likeness (QED) is 0.509. The number of rotatable bonds is 6. The lowest BCUT2D eigenvalue weighted by Gasteiger charge is -2.27. The van der Waals surface area contributed by atoms with E-state index in [0.29, 0.717) is 5.92 Å². The zero-order chi connectivity index (χ0) is 18.8. The van der Waals surface area contributed by atoms with Gasteiger partial charge in [-0.05, 0) is 18.3 Å². The summed E-state index contributed by atoms with van der Waals surface area (Å²) < 4.78 is 75.9. The molecule has 0 radical (unpaired) electrons. The summed E-state index contributed by atoms with van der Waals surface area (Å²) in [4.78, 5) is 0. The fourth-order valence-corrected chi connectivity index (χ4v) is 3.10. The Morgan fingerprint density at radius 3 is 1.84 bits per heavy atom. The molecule has 25 heavy (non-hydrogen) atoms. The number of benzene rings is 1. The molecular weight excluding hydrogens is 346 g/mol. The van der Waals surface area contributed by atoms with Gasteiger partial charge in [-0.15, -0.1) is 0 Å². The normalized spacial score (nSPS) is 20.2. The summed E-state index contributed by atoms with van der Waals surface area (Å²) in [7, 11) is 0. The molecule has 0 unspecified atom stereocenters. The molecular formula is C18H24F6O. The molecule has 0 atom stereocenters. The van der Waals surface area contributed by atoms with Crippen LogP contribution in [0.1, 0.15) is 51.9 Å². The SMILES string of the molecule is CCCC1CCC(CCF)CC1.Fc1cc(F)c(OC(F)F)c(F)c1. The van der Waals surface area contributed by atoms with Crippen molar-refractivity contribution in [1.29, 1.82) is 0 Å². The molecule has 1 aliphatic carbocycles. The summed E-state index contributed by atoms with van der Waals surface area (Å²) in [6.45, 7) is -1.20. The van der Waals surface area contributed by atoms with Gasteiger partial charge in [0.2, 0.25) is 0 Å². The average molecular weight is 370 g/mol. The van der Waals surface area contributed by atoms with Crippen LogP contribution >= 0.6 is 0 Å². The lowest BCUT2D eigenvalue weighted by Crippen LogP contribution is -2.14. The molecule has 1 saturated carbocycles. The second-order valence-electron chi connectivity index (χ2n) is 6.23. The van der Waals surface area contributed by atoms with Crippen LogP contribution in [0.2, 0.25) is 0 Å². The highest BCUT2D eigenvalue weighted by molar-refractivity contribution is 5.26. The van der Waals surface area contributed by atoms with Crippen molar-refractivity contribution >= 4 is 0 Å². The predicted octanol–water partition coefficient (Wildman–Crippen LogP) is 6.66. The molecule has 0 heterocycles. The largest absolute Gasteiger partial charge is 0.429 e. The molecule has 144 valence electrons. The molecule has 2 rings (SSSR count). The Kier molecular flexibility index (Phi) is 9.75. The smallest absolute Gasteiger partial charge is 0.387 e. The third kappa shape index (κ3) is 8.01. The minimum atomic E-state index is -3.35. The predicted molar refractivity (Wildman–Crippen MR) is 83.9 cm³/mol. The third-order valence-electron chi connectivity index (χ3n) is 4.35. The lowest BCUT2D eigenvalue weighted by atomic mass is 9.79. The second kappa shape index (κ2) is 11.3. The van der Waals surface area contributed by atoms with Crippen molar-refractivity contribution in [3.05, 3.63) is 29.6 Å². The van der Waals surface area contributed by atoms with Gasteiger partial charge in [0.15, 0.2) is 17.4 Å². The van der Waals surface area contributed by atoms with Gasteiger partial charge >= 0.3 is 6.61 Å². The van der Waals surface area contributed by atoms with Gasteiger partial charge in [0.25, 0.3) is 0 Å². The van der Waals surface area contributed by atoms with E-state index in [1.165, 1.54) is 38.5 Å². The molecule has 0 aliphatic heterocycles. The average Bonchev–Trinajstić information content (AvgIpc) is 2.54. The maximum atomic E-state index is 12.5. The van der Waals surface area contributed by atoms with Gasteiger partial charge in [-0.2, -0.15) is 8.78 Å². The summed E-state index contributed by atoms with van der Waals surface area (Å²) in [5.41, 5.74) is 0. The lowest BCUT2D eigenvalue weighted by molar-refractivity contribution is -0.0547. The zero-order valence-corrected chi connectivity index (χ0v) is 14.2. The third-order valence-corrected chi connectivity index (χ3v) is 4.35. The molecule has 0 spiro atoms. The van der Waals surface area contributed by atoms with Crippen LogP contribution in [0, 0.1) is 29.3 Å². The molecule has 1 nitrogen and oxygen atoms in total. The van der Waals surface area contributed by atoms with E-state index in [1.54, 1.807) is 0 Å².